The van der Waals surface area contributed by atoms with E-state index in [0.717, 1.165) is 204 Å². The van der Waals surface area contributed by atoms with E-state index in [1.807, 2.05) is 0 Å². The van der Waals surface area contributed by atoms with Crippen LogP contribution in [-0.2, 0) is 82.3 Å². The number of hydrogen-bond donors (Lipinski definition) is 0. The molecule has 0 saturated heterocycles. The smallest absolute Gasteiger partial charge is 0.657 e. The van der Waals surface area contributed by atoms with Gasteiger partial charge < -0.3 is 19.9 Å². The Morgan fingerprint density at radius 3 is 0.841 bits per heavy atom. The third-order valence-electron chi connectivity index (χ3n) is 29.9. The topological polar surface area (TPSA) is 108 Å². The Labute approximate surface area is 833 Å². The summed E-state index contributed by atoms with van der Waals surface area (Å²) in [6.45, 7) is 56.0. The third-order valence-corrected chi connectivity index (χ3v) is 29.9. The van der Waals surface area contributed by atoms with Crippen LogP contribution in [0.5, 0.6) is 0 Å². The van der Waals surface area contributed by atoms with E-state index >= 15 is 0 Å². The maximum atomic E-state index is 6.43. The summed E-state index contributed by atoms with van der Waals surface area (Å²) in [6.07, 6.45) is 9.02. The second kappa shape index (κ2) is 30.8. The Hall–Kier alpha value is -12.8. The zero-order valence-corrected chi connectivity index (χ0v) is 90.2. The maximum absolute atomic E-state index is 6.43. The second-order valence-corrected chi connectivity index (χ2v) is 47.6. The molecular weight excluding hydrogens is 1780 g/mol. The minimum absolute atomic E-state index is 0. The number of rotatable bonds is 6. The third kappa shape index (κ3) is 14.4. The van der Waals surface area contributed by atoms with Crippen molar-refractivity contribution < 1.29 is 39.0 Å². The molecule has 0 amide bonds. The van der Waals surface area contributed by atoms with Crippen LogP contribution >= 0.6 is 0 Å². The molecule has 10 heteroatoms. The first-order chi connectivity index (χ1) is 64.4. The summed E-state index contributed by atoms with van der Waals surface area (Å²) in [5.74, 6) is 0. The van der Waals surface area contributed by atoms with Crippen molar-refractivity contribution in [2.24, 2.45) is 0 Å². The van der Waals surface area contributed by atoms with Gasteiger partial charge in [0.25, 0.3) is 0 Å². The summed E-state index contributed by atoms with van der Waals surface area (Å²) >= 11 is 0. The Morgan fingerprint density at radius 1 is 0.196 bits per heavy atom. The van der Waals surface area contributed by atoms with E-state index in [-0.39, 0.29) is 82.3 Å². The van der Waals surface area contributed by atoms with E-state index < -0.39 is 0 Å². The molecule has 0 radical (unpaired) electrons. The minimum atomic E-state index is -0.253. The normalized spacial score (nSPS) is 13.5. The average Bonchev–Trinajstić information content (AvgIpc) is 1.52. The Kier molecular flexibility index (Phi) is 20.2. The van der Waals surface area contributed by atoms with Crippen molar-refractivity contribution in [1.82, 2.24) is 39.9 Å². The summed E-state index contributed by atoms with van der Waals surface area (Å²) in [6, 6.07) is 88.6. The molecule has 10 heterocycles. The predicted molar refractivity (Wildman–Crippen MR) is 582 cm³/mol. The van der Waals surface area contributed by atoms with Crippen LogP contribution < -0.4 is 19.9 Å². The van der Waals surface area contributed by atoms with Gasteiger partial charge in [0.2, 0.25) is 0 Å². The fourth-order valence-corrected chi connectivity index (χ4v) is 22.0. The van der Waals surface area contributed by atoms with Crippen LogP contribution in [0.25, 0.3) is 254 Å². The maximum Gasteiger partial charge on any atom is 2.00 e. The van der Waals surface area contributed by atoms with Gasteiger partial charge in [0, 0.05) is 10.8 Å². The quantitative estimate of drug-likeness (QED) is 0.120. The first-order valence-corrected chi connectivity index (χ1v) is 48.7. The minimum Gasteiger partial charge on any atom is -0.657 e. The van der Waals surface area contributed by atoms with Gasteiger partial charge in [0.05, 0.1) is 44.8 Å². The van der Waals surface area contributed by atoms with Gasteiger partial charge in [-0.1, -0.05) is 378 Å². The van der Waals surface area contributed by atoms with Crippen LogP contribution in [-0.4, -0.2) is 19.9 Å². The standard InChI is InChI=1S/C128H114N8.2Zn/c1-121(2,3)77-50-73(51-78(59-77)122(4,5)6)109-93-42-46-97(129-93)113(87-41-39-71-37-35-67-28-25-29-69-38-40-86(87)108(71)105(67)69)98-47-43-94(130-98)110(74-52-79(123(7,8)9)60-80(53-74)124(10,11)12)102-64-90-92-66-104-112(76-56-83(127(19,20)21)62-84(57-76)128(22,23)24)96-45-49-100(132-96)114(88-58-72-32-26-30-68-34-36-70-31-27-33-85(88)107(70)106(68)72)99-48-44-95(131-99)111(75-54-81(125(13,14)15)61-82(55-75)126(16,17)18)103-65-91-89-63-101(109)133-117(89)115(118(90)134-102)116(119(91)135-103)120(92)136-104;;/h25-66H,1-24H3;;/q-4;2*+2. The number of benzene rings is 14. The van der Waals surface area contributed by atoms with Gasteiger partial charge in [-0.3, -0.25) is 0 Å². The Morgan fingerprint density at radius 2 is 0.478 bits per heavy atom. The molecule has 24 rings (SSSR count). The molecule has 8 nitrogen and oxygen atoms in total. The van der Waals surface area contributed by atoms with Gasteiger partial charge in [-0.15, -0.1) is 44.1 Å². The molecule has 2 aliphatic heterocycles. The van der Waals surface area contributed by atoms with Gasteiger partial charge in [-0.25, -0.2) is 19.9 Å². The zero-order chi connectivity index (χ0) is 94.5. The van der Waals surface area contributed by atoms with Crippen molar-refractivity contribution in [3.8, 4) is 66.8 Å². The molecule has 0 unspecified atom stereocenters. The van der Waals surface area contributed by atoms with Crippen LogP contribution in [0.15, 0.2) is 231 Å². The molecule has 8 aromatic heterocycles. The summed E-state index contributed by atoms with van der Waals surface area (Å²) in [5, 5.41) is 19.8. The van der Waals surface area contributed by atoms with Gasteiger partial charge in [0.1, 0.15) is 0 Å². The summed E-state index contributed by atoms with van der Waals surface area (Å²) in [4.78, 5) is 50.4. The van der Waals surface area contributed by atoms with Crippen LogP contribution in [0.4, 0.5) is 0 Å². The molecule has 0 aliphatic carbocycles. The molecule has 2 aliphatic rings. The van der Waals surface area contributed by atoms with Gasteiger partial charge in [-0.2, -0.15) is 0 Å². The molecule has 16 bridgehead atoms. The van der Waals surface area contributed by atoms with Gasteiger partial charge in [0.15, 0.2) is 0 Å². The Bertz CT molecular complexity index is 9000. The number of nitrogens with zero attached hydrogens (tertiary/aromatic N) is 8. The van der Waals surface area contributed by atoms with E-state index in [9.17, 15) is 0 Å². The fraction of sp³-hybridized carbons (Fsp3) is 0.250. The van der Waals surface area contributed by atoms with Crippen molar-refractivity contribution in [1.29, 1.82) is 0 Å². The first-order valence-electron chi connectivity index (χ1n) is 48.7. The summed E-state index contributed by atoms with van der Waals surface area (Å²) in [7, 11) is 0. The van der Waals surface area contributed by atoms with Gasteiger partial charge >= 0.3 is 39.0 Å². The molecule has 670 valence electrons. The van der Waals surface area contributed by atoms with Crippen LogP contribution in [0.2, 0.25) is 0 Å². The number of hydrogen-bond acceptors (Lipinski definition) is 4. The Balaban J connectivity index is 0.00000550. The van der Waals surface area contributed by atoms with E-state index in [0.29, 0.717) is 0 Å². The average molecular weight is 1900 g/mol. The van der Waals surface area contributed by atoms with E-state index in [1.165, 1.54) is 93.0 Å². The number of fused-ring (bicyclic) bond motifs is 14. The van der Waals surface area contributed by atoms with Crippen molar-refractivity contribution in [3.05, 3.63) is 298 Å². The molecule has 0 fully saturated rings. The molecule has 0 atom stereocenters. The van der Waals surface area contributed by atoms with Crippen LogP contribution in [0, 0.1) is 0 Å². The van der Waals surface area contributed by atoms with E-state index in [2.05, 4.69) is 421 Å². The number of aromatic nitrogens is 8. The molecular formula is C128H114N8Zn2. The monoisotopic (exact) mass is 1890 g/mol. The fourth-order valence-electron chi connectivity index (χ4n) is 22.0. The largest absolute Gasteiger partial charge is 2.00 e. The van der Waals surface area contributed by atoms with Crippen LogP contribution in [0.3, 0.4) is 0 Å². The molecule has 138 heavy (non-hydrogen) atoms. The van der Waals surface area contributed by atoms with Crippen molar-refractivity contribution in [3.63, 3.8) is 0 Å². The molecule has 0 saturated carbocycles. The van der Waals surface area contributed by atoms with Gasteiger partial charge in [-0.05, 0) is 283 Å². The zero-order valence-electron chi connectivity index (χ0n) is 84.2. The SMILES string of the molecule is CC(C)(C)c1cc(-c2c3nc(c(-c4ccc5ccc6cccc7ccc4c5c67)c4ccc([n-]4)c(-c4cc(C(C)(C)C)cc(C(C)(C)C)c4)c4cc5c6cc7[n-]c6c6c8nc(cc8c8cc2[n-]c8c6c5n4)c(-c2cc(C(C)(C)C)cc(C(C)(C)C)c2)c2ccc([n-]2)c(-c2cc4cccc5ccc6cccc2c6c54)c2nc(c7-c4cc(C(C)(C)C)cc(C(C)(C)C)c4)C=C2)C=C3)cc(C(C)(C)C)c1.[Zn+2].[Zn+2]. The van der Waals surface area contributed by atoms with Crippen LogP contribution in [0.1, 0.15) is 233 Å². The summed E-state index contributed by atoms with van der Waals surface area (Å²) in [5.41, 5.74) is 32.2. The van der Waals surface area contributed by atoms with Crippen molar-refractivity contribution >= 4 is 187 Å². The molecule has 0 N–H and O–H groups in total. The van der Waals surface area contributed by atoms with Crippen molar-refractivity contribution in [2.45, 2.75) is 209 Å². The first kappa shape index (κ1) is 90.3. The molecule has 14 aromatic carbocycles. The summed E-state index contributed by atoms with van der Waals surface area (Å²) < 4.78 is 0. The van der Waals surface area contributed by atoms with Crippen molar-refractivity contribution in [2.75, 3.05) is 0 Å². The molecule has 22 aromatic rings. The molecule has 0 spiro atoms. The second-order valence-electron chi connectivity index (χ2n) is 47.6. The van der Waals surface area contributed by atoms with E-state index in [4.69, 9.17) is 39.9 Å². The predicted octanol–water partition coefficient (Wildman–Crippen LogP) is 34.3. The van der Waals surface area contributed by atoms with E-state index in [1.54, 1.807) is 0 Å².